The molecule has 1 saturated heterocycles. The molecule has 19 heavy (non-hydrogen) atoms. The fourth-order valence-corrected chi connectivity index (χ4v) is 4.72. The van der Waals surface area contributed by atoms with Gasteiger partial charge in [-0.2, -0.15) is 0 Å². The van der Waals surface area contributed by atoms with Gasteiger partial charge in [-0.1, -0.05) is 12.1 Å². The van der Waals surface area contributed by atoms with Gasteiger partial charge in [0.05, 0.1) is 4.58 Å². The molecule has 1 fully saturated rings. The Bertz CT molecular complexity index is 402. The molecule has 0 bridgehead atoms. The number of nitrogens with one attached hydrogen (secondary N) is 1. The molecule has 0 saturated carbocycles. The Labute approximate surface area is 122 Å². The van der Waals surface area contributed by atoms with Crippen LogP contribution in [0.2, 0.25) is 0 Å². The quantitative estimate of drug-likeness (QED) is 0.819. The van der Waals surface area contributed by atoms with E-state index < -0.39 is 0 Å². The lowest BCUT2D eigenvalue weighted by molar-refractivity contribution is 0.0948. The minimum atomic E-state index is -0.00520. The summed E-state index contributed by atoms with van der Waals surface area (Å²) >= 11 is 3.96. The third-order valence-corrected chi connectivity index (χ3v) is 5.98. The lowest BCUT2D eigenvalue weighted by Gasteiger charge is -2.09. The van der Waals surface area contributed by atoms with Crippen molar-refractivity contribution in [2.45, 2.75) is 11.0 Å². The summed E-state index contributed by atoms with van der Waals surface area (Å²) in [5.41, 5.74) is 2.04. The van der Waals surface area contributed by atoms with Crippen molar-refractivity contribution < 1.29 is 9.53 Å². The van der Waals surface area contributed by atoms with E-state index in [0.717, 1.165) is 12.0 Å². The van der Waals surface area contributed by atoms with Crippen molar-refractivity contribution >= 4 is 29.4 Å². The average molecular weight is 297 g/mol. The molecule has 1 aromatic carbocycles. The van der Waals surface area contributed by atoms with Crippen molar-refractivity contribution in [1.82, 2.24) is 5.32 Å². The second-order valence-electron chi connectivity index (χ2n) is 4.30. The van der Waals surface area contributed by atoms with Crippen LogP contribution < -0.4 is 5.32 Å². The monoisotopic (exact) mass is 297 g/mol. The van der Waals surface area contributed by atoms with E-state index >= 15 is 0 Å². The molecule has 0 aliphatic carbocycles. The third kappa shape index (κ3) is 4.44. The molecule has 3 nitrogen and oxygen atoms in total. The molecule has 0 aromatic heterocycles. The molecule has 0 radical (unpaired) electrons. The summed E-state index contributed by atoms with van der Waals surface area (Å²) in [6, 6.07) is 7.97. The maximum absolute atomic E-state index is 11.9. The Kier molecular flexibility index (Phi) is 6.07. The number of rotatable bonds is 6. The summed E-state index contributed by atoms with van der Waals surface area (Å²) in [7, 11) is 1.67. The lowest BCUT2D eigenvalue weighted by Crippen LogP contribution is -2.25. The Morgan fingerprint density at radius 1 is 1.32 bits per heavy atom. The van der Waals surface area contributed by atoms with E-state index in [0.29, 0.717) is 17.7 Å². The van der Waals surface area contributed by atoms with Gasteiger partial charge >= 0.3 is 0 Å². The lowest BCUT2D eigenvalue weighted by atomic mass is 10.1. The first-order valence-electron chi connectivity index (χ1n) is 6.41. The van der Waals surface area contributed by atoms with E-state index in [1.807, 2.05) is 35.7 Å². The van der Waals surface area contributed by atoms with Crippen LogP contribution in [0.4, 0.5) is 0 Å². The van der Waals surface area contributed by atoms with E-state index in [9.17, 15) is 4.79 Å². The Morgan fingerprint density at radius 3 is 2.63 bits per heavy atom. The van der Waals surface area contributed by atoms with Gasteiger partial charge in [-0.25, -0.2) is 0 Å². The molecule has 0 atom stereocenters. The zero-order valence-corrected chi connectivity index (χ0v) is 12.7. The molecule has 0 unspecified atom stereocenters. The number of hydrogen-bond donors (Lipinski definition) is 1. The molecule has 1 aromatic rings. The van der Waals surface area contributed by atoms with Crippen LogP contribution in [0.5, 0.6) is 0 Å². The molecular weight excluding hydrogens is 278 g/mol. The minimum absolute atomic E-state index is 0.00520. The Hall–Kier alpha value is -0.650. The van der Waals surface area contributed by atoms with Crippen molar-refractivity contribution in [1.29, 1.82) is 0 Å². The largest absolute Gasteiger partial charge is 0.385 e. The molecule has 1 heterocycles. The molecule has 5 heteroatoms. The van der Waals surface area contributed by atoms with Crippen LogP contribution in [-0.4, -0.2) is 37.7 Å². The third-order valence-electron chi connectivity index (χ3n) is 2.88. The molecule has 1 aliphatic heterocycles. The summed E-state index contributed by atoms with van der Waals surface area (Å²) < 4.78 is 5.49. The number of methoxy groups -OCH3 is 1. The zero-order chi connectivity index (χ0) is 13.5. The van der Waals surface area contributed by atoms with Crippen LogP contribution in [0, 0.1) is 0 Å². The zero-order valence-electron chi connectivity index (χ0n) is 11.1. The van der Waals surface area contributed by atoms with Gasteiger partial charge in [0, 0.05) is 37.3 Å². The van der Waals surface area contributed by atoms with Crippen LogP contribution >= 0.6 is 23.5 Å². The van der Waals surface area contributed by atoms with Gasteiger partial charge in [-0.15, -0.1) is 23.5 Å². The van der Waals surface area contributed by atoms with E-state index in [1.165, 1.54) is 17.1 Å². The van der Waals surface area contributed by atoms with Crippen LogP contribution in [0.1, 0.15) is 26.9 Å². The predicted molar refractivity (Wildman–Crippen MR) is 82.9 cm³/mol. The highest BCUT2D eigenvalue weighted by Gasteiger charge is 2.18. The summed E-state index contributed by atoms with van der Waals surface area (Å²) in [6.07, 6.45) is 0.843. The van der Waals surface area contributed by atoms with Gasteiger partial charge in [0.2, 0.25) is 0 Å². The average Bonchev–Trinajstić information content (AvgIpc) is 2.98. The van der Waals surface area contributed by atoms with Gasteiger partial charge in [0.25, 0.3) is 5.91 Å². The fourth-order valence-electron chi connectivity index (χ4n) is 1.86. The van der Waals surface area contributed by atoms with Crippen LogP contribution in [0.25, 0.3) is 0 Å². The molecule has 0 spiro atoms. The highest BCUT2D eigenvalue weighted by atomic mass is 32.2. The highest BCUT2D eigenvalue weighted by molar-refractivity contribution is 8.19. The first kappa shape index (κ1) is 14.8. The number of carbonyl (C=O) groups is 1. The smallest absolute Gasteiger partial charge is 0.251 e. The molecule has 1 amide bonds. The molecule has 2 rings (SSSR count). The summed E-state index contributed by atoms with van der Waals surface area (Å²) in [6.45, 7) is 1.33. The van der Waals surface area contributed by atoms with Crippen molar-refractivity contribution in [2.75, 3.05) is 31.8 Å². The number of ether oxygens (including phenoxy) is 1. The van der Waals surface area contributed by atoms with Gasteiger partial charge in [0.15, 0.2) is 0 Å². The SMILES string of the molecule is COCCCNC(=O)c1ccc(C2SCCS2)cc1. The van der Waals surface area contributed by atoms with E-state index in [-0.39, 0.29) is 5.91 Å². The van der Waals surface area contributed by atoms with Crippen LogP contribution in [0.3, 0.4) is 0 Å². The van der Waals surface area contributed by atoms with Gasteiger partial charge in [-0.05, 0) is 24.1 Å². The normalized spacial score (nSPS) is 15.6. The molecule has 104 valence electrons. The number of benzene rings is 1. The predicted octanol–water partition coefficient (Wildman–Crippen LogP) is 2.93. The van der Waals surface area contributed by atoms with Gasteiger partial charge in [-0.3, -0.25) is 4.79 Å². The van der Waals surface area contributed by atoms with Crippen molar-refractivity contribution in [2.24, 2.45) is 0 Å². The summed E-state index contributed by atoms with van der Waals surface area (Å²) in [5, 5.41) is 2.89. The topological polar surface area (TPSA) is 38.3 Å². The van der Waals surface area contributed by atoms with Crippen molar-refractivity contribution in [3.05, 3.63) is 35.4 Å². The van der Waals surface area contributed by atoms with Crippen LogP contribution in [0.15, 0.2) is 24.3 Å². The van der Waals surface area contributed by atoms with Crippen LogP contribution in [-0.2, 0) is 4.74 Å². The van der Waals surface area contributed by atoms with Gasteiger partial charge < -0.3 is 10.1 Å². The Balaban J connectivity index is 1.85. The van der Waals surface area contributed by atoms with Crippen molar-refractivity contribution in [3.8, 4) is 0 Å². The van der Waals surface area contributed by atoms with E-state index in [4.69, 9.17) is 4.74 Å². The highest BCUT2D eigenvalue weighted by Crippen LogP contribution is 2.45. The fraction of sp³-hybridized carbons (Fsp3) is 0.500. The molecule has 1 aliphatic rings. The Morgan fingerprint density at radius 2 is 2.00 bits per heavy atom. The summed E-state index contributed by atoms with van der Waals surface area (Å²) in [4.78, 5) is 11.9. The number of carbonyl (C=O) groups excluding carboxylic acids is 1. The van der Waals surface area contributed by atoms with E-state index in [1.54, 1.807) is 7.11 Å². The summed E-state index contributed by atoms with van der Waals surface area (Å²) in [5.74, 6) is 2.43. The first-order valence-corrected chi connectivity index (χ1v) is 8.51. The number of hydrogen-bond acceptors (Lipinski definition) is 4. The first-order chi connectivity index (χ1) is 9.31. The second kappa shape index (κ2) is 7.82. The maximum Gasteiger partial charge on any atom is 0.251 e. The number of thioether (sulfide) groups is 2. The molecular formula is C14H19NO2S2. The van der Waals surface area contributed by atoms with E-state index in [2.05, 4.69) is 17.4 Å². The minimum Gasteiger partial charge on any atom is -0.385 e. The standard InChI is InChI=1S/C14H19NO2S2/c1-17-8-2-7-15-13(16)11-3-5-12(6-4-11)14-18-9-10-19-14/h3-6,14H,2,7-10H2,1H3,(H,15,16). The van der Waals surface area contributed by atoms with Gasteiger partial charge in [0.1, 0.15) is 0 Å². The number of amides is 1. The van der Waals surface area contributed by atoms with Crippen molar-refractivity contribution in [3.63, 3.8) is 0 Å². The molecule has 1 N–H and O–H groups in total. The second-order valence-corrected chi connectivity index (χ2v) is 7.02. The maximum atomic E-state index is 11.9.